The Bertz CT molecular complexity index is 1030. The number of ether oxygens (including phenoxy) is 4. The largest absolute Gasteiger partial charge is 0.493 e. The predicted octanol–water partition coefficient (Wildman–Crippen LogP) is 4.42. The molecule has 1 aromatic heterocycles. The molecule has 0 unspecified atom stereocenters. The molecule has 34 heavy (non-hydrogen) atoms. The molecule has 0 bridgehead atoms. The van der Waals surface area contributed by atoms with Gasteiger partial charge in [-0.05, 0) is 56.5 Å². The van der Waals surface area contributed by atoms with Gasteiger partial charge >= 0.3 is 12.1 Å². The lowest BCUT2D eigenvalue weighted by molar-refractivity contribution is -0.121. The molecule has 2 heterocycles. The lowest BCUT2D eigenvalue weighted by atomic mass is 9.96. The van der Waals surface area contributed by atoms with Gasteiger partial charge in [0.2, 0.25) is 5.91 Å². The molecule has 3 rings (SSSR count). The number of nitrogens with one attached hydrogen (secondary N) is 1. The highest BCUT2D eigenvalue weighted by Crippen LogP contribution is 2.39. The summed E-state index contributed by atoms with van der Waals surface area (Å²) in [6.07, 6.45) is 0.682. The molecule has 1 N–H and O–H groups in total. The fourth-order valence-electron chi connectivity index (χ4n) is 3.74. The molecule has 9 nitrogen and oxygen atoms in total. The zero-order chi connectivity index (χ0) is 24.7. The molecule has 184 valence electrons. The average Bonchev–Trinajstić information content (AvgIpc) is 3.27. The first kappa shape index (κ1) is 25.4. The standard InChI is InChI=1S/C24H30N2O7S/c1-5-32-23(28)21-17(14-20(34-21)16-7-8-18(30-3)19(13-16)31-4)25-22(27)15-9-11-26(12-10-15)24(29)33-6-2/h7-8,13-15H,5-6,9-12H2,1-4H3,(H,25,27). The van der Waals surface area contributed by atoms with Gasteiger partial charge in [-0.3, -0.25) is 4.79 Å². The van der Waals surface area contributed by atoms with Crippen LogP contribution >= 0.6 is 11.3 Å². The van der Waals surface area contributed by atoms with Crippen molar-refractivity contribution < 1.29 is 33.3 Å². The smallest absolute Gasteiger partial charge is 0.409 e. The van der Waals surface area contributed by atoms with Gasteiger partial charge in [0.15, 0.2) is 11.5 Å². The fraction of sp³-hybridized carbons (Fsp3) is 0.458. The van der Waals surface area contributed by atoms with Crippen molar-refractivity contribution in [3.8, 4) is 21.9 Å². The number of thiophene rings is 1. The number of hydrogen-bond acceptors (Lipinski definition) is 8. The minimum Gasteiger partial charge on any atom is -0.493 e. The van der Waals surface area contributed by atoms with E-state index >= 15 is 0 Å². The number of piperidine rings is 1. The summed E-state index contributed by atoms with van der Waals surface area (Å²) in [5.41, 5.74) is 1.22. The van der Waals surface area contributed by atoms with Crippen molar-refractivity contribution in [2.24, 2.45) is 5.92 Å². The summed E-state index contributed by atoms with van der Waals surface area (Å²) >= 11 is 1.24. The number of carbonyl (C=O) groups is 3. The molecule has 2 amide bonds. The Balaban J connectivity index is 1.79. The van der Waals surface area contributed by atoms with E-state index in [1.165, 1.54) is 11.3 Å². The zero-order valence-corrected chi connectivity index (χ0v) is 20.7. The Morgan fingerprint density at radius 2 is 1.68 bits per heavy atom. The summed E-state index contributed by atoms with van der Waals surface area (Å²) in [4.78, 5) is 40.2. The van der Waals surface area contributed by atoms with Crippen LogP contribution in [-0.2, 0) is 14.3 Å². The summed E-state index contributed by atoms with van der Waals surface area (Å²) in [5.74, 6) is 0.198. The SMILES string of the molecule is CCOC(=O)c1sc(-c2ccc(OC)c(OC)c2)cc1NC(=O)C1CCN(C(=O)OCC)CC1. The average molecular weight is 491 g/mol. The molecule has 0 saturated carbocycles. The van der Waals surface area contributed by atoms with Crippen molar-refractivity contribution in [2.75, 3.05) is 45.8 Å². The molecule has 0 atom stereocenters. The molecule has 0 aliphatic carbocycles. The van der Waals surface area contributed by atoms with Gasteiger partial charge in [0, 0.05) is 23.9 Å². The minimum absolute atomic E-state index is 0.189. The predicted molar refractivity (Wildman–Crippen MR) is 129 cm³/mol. The second kappa shape index (κ2) is 11.7. The summed E-state index contributed by atoms with van der Waals surface area (Å²) in [7, 11) is 3.12. The maximum Gasteiger partial charge on any atom is 0.409 e. The molecule has 0 spiro atoms. The van der Waals surface area contributed by atoms with Gasteiger partial charge in [-0.2, -0.15) is 0 Å². The van der Waals surface area contributed by atoms with Crippen LogP contribution in [0, 0.1) is 5.92 Å². The van der Waals surface area contributed by atoms with Crippen molar-refractivity contribution in [1.29, 1.82) is 0 Å². The van der Waals surface area contributed by atoms with E-state index in [0.717, 1.165) is 10.4 Å². The normalized spacial score (nSPS) is 13.8. The van der Waals surface area contributed by atoms with Crippen LogP contribution in [0.5, 0.6) is 11.5 Å². The molecule has 2 aromatic rings. The molecular formula is C24H30N2O7S. The number of nitrogens with zero attached hydrogens (tertiary/aromatic N) is 1. The number of benzene rings is 1. The monoisotopic (exact) mass is 490 g/mol. The van der Waals surface area contributed by atoms with Crippen LogP contribution in [0.1, 0.15) is 36.4 Å². The van der Waals surface area contributed by atoms with Crippen LogP contribution in [0.4, 0.5) is 10.5 Å². The summed E-state index contributed by atoms with van der Waals surface area (Å²) in [6.45, 7) is 4.93. The maximum absolute atomic E-state index is 13.0. The molecule has 1 aliphatic heterocycles. The van der Waals surface area contributed by atoms with Crippen molar-refractivity contribution >= 4 is 35.0 Å². The zero-order valence-electron chi connectivity index (χ0n) is 19.8. The molecule has 1 fully saturated rings. The Morgan fingerprint density at radius 3 is 2.29 bits per heavy atom. The second-order valence-electron chi connectivity index (χ2n) is 7.59. The third-order valence-electron chi connectivity index (χ3n) is 5.51. The van der Waals surface area contributed by atoms with E-state index in [9.17, 15) is 14.4 Å². The van der Waals surface area contributed by atoms with Crippen molar-refractivity contribution in [2.45, 2.75) is 26.7 Å². The topological polar surface area (TPSA) is 103 Å². The van der Waals surface area contributed by atoms with Crippen LogP contribution in [0.25, 0.3) is 10.4 Å². The molecule has 0 radical (unpaired) electrons. The quantitative estimate of drug-likeness (QED) is 0.547. The molecule has 1 aliphatic rings. The van der Waals surface area contributed by atoms with E-state index in [0.29, 0.717) is 54.6 Å². The third-order valence-corrected chi connectivity index (χ3v) is 6.67. The van der Waals surface area contributed by atoms with Gasteiger partial charge in [0.05, 0.1) is 33.1 Å². The van der Waals surface area contributed by atoms with E-state index < -0.39 is 5.97 Å². The number of amides is 2. The number of methoxy groups -OCH3 is 2. The van der Waals surface area contributed by atoms with Gasteiger partial charge in [0.1, 0.15) is 4.88 Å². The van der Waals surface area contributed by atoms with Crippen molar-refractivity contribution in [3.63, 3.8) is 0 Å². The first-order valence-corrected chi connectivity index (χ1v) is 12.0. The van der Waals surface area contributed by atoms with Crippen LogP contribution in [0.2, 0.25) is 0 Å². The number of hydrogen-bond donors (Lipinski definition) is 1. The Morgan fingerprint density at radius 1 is 1.00 bits per heavy atom. The number of anilines is 1. The number of carbonyl (C=O) groups excluding carboxylic acids is 3. The van der Waals surface area contributed by atoms with E-state index in [4.69, 9.17) is 18.9 Å². The van der Waals surface area contributed by atoms with E-state index in [2.05, 4.69) is 5.32 Å². The first-order valence-electron chi connectivity index (χ1n) is 11.2. The van der Waals surface area contributed by atoms with E-state index in [-0.39, 0.29) is 24.5 Å². The lowest BCUT2D eigenvalue weighted by Gasteiger charge is -2.30. The van der Waals surface area contributed by atoms with Gasteiger partial charge in [0.25, 0.3) is 0 Å². The number of likely N-dealkylation sites (tertiary alicyclic amines) is 1. The minimum atomic E-state index is -0.494. The van der Waals surface area contributed by atoms with Crippen LogP contribution < -0.4 is 14.8 Å². The summed E-state index contributed by atoms with van der Waals surface area (Å²) < 4.78 is 20.9. The highest BCUT2D eigenvalue weighted by Gasteiger charge is 2.29. The fourth-order valence-corrected chi connectivity index (χ4v) is 4.74. The highest BCUT2D eigenvalue weighted by molar-refractivity contribution is 7.18. The first-order chi connectivity index (χ1) is 16.4. The lowest BCUT2D eigenvalue weighted by Crippen LogP contribution is -2.41. The van der Waals surface area contributed by atoms with Gasteiger partial charge < -0.3 is 29.2 Å². The maximum atomic E-state index is 13.0. The number of esters is 1. The van der Waals surface area contributed by atoms with Crippen LogP contribution in [0.3, 0.4) is 0 Å². The van der Waals surface area contributed by atoms with Crippen molar-refractivity contribution in [1.82, 2.24) is 4.90 Å². The highest BCUT2D eigenvalue weighted by atomic mass is 32.1. The van der Waals surface area contributed by atoms with Gasteiger partial charge in [-0.1, -0.05) is 0 Å². The van der Waals surface area contributed by atoms with E-state index in [1.807, 2.05) is 12.1 Å². The Hall–Kier alpha value is -3.27. The third kappa shape index (κ3) is 5.80. The Labute approximate surface area is 202 Å². The van der Waals surface area contributed by atoms with Gasteiger partial charge in [-0.25, -0.2) is 9.59 Å². The Kier molecular flexibility index (Phi) is 8.75. The molecule has 1 saturated heterocycles. The van der Waals surface area contributed by atoms with Crippen LogP contribution in [-0.4, -0.2) is 63.4 Å². The summed E-state index contributed by atoms with van der Waals surface area (Å²) in [5, 5.41) is 2.91. The molecule has 10 heteroatoms. The summed E-state index contributed by atoms with van der Waals surface area (Å²) in [6, 6.07) is 7.23. The molecule has 1 aromatic carbocycles. The van der Waals surface area contributed by atoms with Crippen LogP contribution in [0.15, 0.2) is 24.3 Å². The van der Waals surface area contributed by atoms with Gasteiger partial charge in [-0.15, -0.1) is 11.3 Å². The van der Waals surface area contributed by atoms with Crippen molar-refractivity contribution in [3.05, 3.63) is 29.1 Å². The molecular weight excluding hydrogens is 460 g/mol. The van der Waals surface area contributed by atoms with E-state index in [1.54, 1.807) is 45.1 Å². The second-order valence-corrected chi connectivity index (χ2v) is 8.65. The number of rotatable bonds is 8.